The van der Waals surface area contributed by atoms with Gasteiger partial charge in [-0.2, -0.15) is 0 Å². The summed E-state index contributed by atoms with van der Waals surface area (Å²) in [5, 5.41) is 2.92. The maximum Gasteiger partial charge on any atom is 0.317 e. The molecule has 1 atom stereocenters. The smallest absolute Gasteiger partial charge is 0.317 e. The van der Waals surface area contributed by atoms with Gasteiger partial charge in [0.15, 0.2) is 0 Å². The number of carbonyl (C=O) groups is 1. The van der Waals surface area contributed by atoms with Gasteiger partial charge in [0.2, 0.25) is 0 Å². The van der Waals surface area contributed by atoms with E-state index in [2.05, 4.69) is 10.3 Å². The number of aryl methyl sites for hydroxylation is 2. The molecular weight excluding hydrogens is 342 g/mol. The Bertz CT molecular complexity index is 875. The third-order valence-corrected chi connectivity index (χ3v) is 5.20. The Hall–Kier alpha value is -2.76. The maximum absolute atomic E-state index is 12.7. The van der Waals surface area contributed by atoms with Crippen LogP contribution < -0.4 is 15.6 Å². The standard InChI is InChI=1S/C21H27N3O3/c1-14-11-15(2)23-20(25)18(14)13-22-21(26)24-10-6-8-17(24)12-16-7-4-5-9-19(16)27-3/h4-5,7,9,11,17H,6,8,10,12-13H2,1-3H3,(H,22,26)(H,23,25). The third kappa shape index (κ3) is 4.32. The molecule has 1 fully saturated rings. The van der Waals surface area contributed by atoms with Crippen LogP contribution >= 0.6 is 0 Å². The Balaban J connectivity index is 1.66. The van der Waals surface area contributed by atoms with E-state index in [-0.39, 0.29) is 24.2 Å². The fraction of sp³-hybridized carbons (Fsp3) is 0.429. The second kappa shape index (κ2) is 8.29. The fourth-order valence-electron chi connectivity index (χ4n) is 3.81. The molecule has 144 valence electrons. The van der Waals surface area contributed by atoms with Crippen LogP contribution in [0.4, 0.5) is 4.79 Å². The third-order valence-electron chi connectivity index (χ3n) is 5.20. The zero-order chi connectivity index (χ0) is 19.4. The lowest BCUT2D eigenvalue weighted by molar-refractivity contribution is 0.191. The molecule has 1 aliphatic heterocycles. The first-order valence-electron chi connectivity index (χ1n) is 9.35. The number of likely N-dealkylation sites (tertiary alicyclic amines) is 1. The molecule has 2 heterocycles. The van der Waals surface area contributed by atoms with Crippen molar-refractivity contribution >= 4 is 6.03 Å². The number of H-pyrrole nitrogens is 1. The molecule has 0 aliphatic carbocycles. The van der Waals surface area contributed by atoms with Crippen LogP contribution in [0.2, 0.25) is 0 Å². The van der Waals surface area contributed by atoms with Gasteiger partial charge >= 0.3 is 6.03 Å². The monoisotopic (exact) mass is 369 g/mol. The normalized spacial score (nSPS) is 16.4. The quantitative estimate of drug-likeness (QED) is 0.851. The number of hydrogen-bond donors (Lipinski definition) is 2. The molecule has 1 unspecified atom stereocenters. The lowest BCUT2D eigenvalue weighted by Gasteiger charge is -2.25. The number of hydrogen-bond acceptors (Lipinski definition) is 3. The van der Waals surface area contributed by atoms with Crippen LogP contribution in [0.25, 0.3) is 0 Å². The average Bonchev–Trinajstić information content (AvgIpc) is 3.09. The first kappa shape index (κ1) is 19.0. The molecule has 1 aromatic carbocycles. The van der Waals surface area contributed by atoms with Crippen molar-refractivity contribution in [1.82, 2.24) is 15.2 Å². The number of amides is 2. The molecule has 0 bridgehead atoms. The minimum absolute atomic E-state index is 0.119. The predicted molar refractivity (Wildman–Crippen MR) is 105 cm³/mol. The number of para-hydroxylation sites is 1. The zero-order valence-corrected chi connectivity index (χ0v) is 16.2. The number of urea groups is 1. The van der Waals surface area contributed by atoms with Crippen LogP contribution in [0.5, 0.6) is 5.75 Å². The molecule has 0 spiro atoms. The summed E-state index contributed by atoms with van der Waals surface area (Å²) in [6.07, 6.45) is 2.72. The number of ether oxygens (including phenoxy) is 1. The summed E-state index contributed by atoms with van der Waals surface area (Å²) in [7, 11) is 1.67. The molecular formula is C21H27N3O3. The molecule has 1 aromatic heterocycles. The molecule has 6 heteroatoms. The van der Waals surface area contributed by atoms with E-state index in [1.807, 2.05) is 49.1 Å². The summed E-state index contributed by atoms with van der Waals surface area (Å²) in [4.78, 5) is 29.5. The van der Waals surface area contributed by atoms with Crippen LogP contribution in [0.3, 0.4) is 0 Å². The summed E-state index contributed by atoms with van der Waals surface area (Å²) >= 11 is 0. The summed E-state index contributed by atoms with van der Waals surface area (Å²) < 4.78 is 5.44. The van der Waals surface area contributed by atoms with E-state index in [0.717, 1.165) is 48.4 Å². The summed E-state index contributed by atoms with van der Waals surface area (Å²) in [5.41, 5.74) is 3.29. The molecule has 0 saturated carbocycles. The molecule has 2 aromatic rings. The van der Waals surface area contributed by atoms with E-state index in [1.165, 1.54) is 0 Å². The Kier molecular flexibility index (Phi) is 5.84. The van der Waals surface area contributed by atoms with E-state index in [4.69, 9.17) is 4.74 Å². The second-order valence-corrected chi connectivity index (χ2v) is 7.11. The summed E-state index contributed by atoms with van der Waals surface area (Å²) in [5.74, 6) is 0.853. The topological polar surface area (TPSA) is 74.4 Å². The molecule has 6 nitrogen and oxygen atoms in total. The van der Waals surface area contributed by atoms with Crippen molar-refractivity contribution in [2.24, 2.45) is 0 Å². The van der Waals surface area contributed by atoms with E-state index < -0.39 is 0 Å². The Morgan fingerprint density at radius 3 is 2.85 bits per heavy atom. The van der Waals surface area contributed by atoms with Gasteiger partial charge in [0.05, 0.1) is 13.7 Å². The molecule has 27 heavy (non-hydrogen) atoms. The number of methoxy groups -OCH3 is 1. The Morgan fingerprint density at radius 2 is 2.11 bits per heavy atom. The number of aromatic amines is 1. The number of nitrogens with zero attached hydrogens (tertiary/aromatic N) is 1. The van der Waals surface area contributed by atoms with Gasteiger partial charge in [-0.15, -0.1) is 0 Å². The van der Waals surface area contributed by atoms with Crippen molar-refractivity contribution in [3.8, 4) is 5.75 Å². The molecule has 1 saturated heterocycles. The van der Waals surface area contributed by atoms with Crippen molar-refractivity contribution in [2.45, 2.75) is 45.7 Å². The molecule has 2 amide bonds. The van der Waals surface area contributed by atoms with Crippen LogP contribution in [0.15, 0.2) is 35.1 Å². The number of benzene rings is 1. The van der Waals surface area contributed by atoms with E-state index in [0.29, 0.717) is 5.56 Å². The van der Waals surface area contributed by atoms with Gasteiger partial charge in [-0.05, 0) is 56.4 Å². The van der Waals surface area contributed by atoms with Gasteiger partial charge in [0.1, 0.15) is 5.75 Å². The van der Waals surface area contributed by atoms with Crippen LogP contribution in [-0.4, -0.2) is 35.6 Å². The van der Waals surface area contributed by atoms with Gasteiger partial charge in [0, 0.05) is 23.8 Å². The first-order chi connectivity index (χ1) is 13.0. The molecule has 3 rings (SSSR count). The highest BCUT2D eigenvalue weighted by Crippen LogP contribution is 2.26. The zero-order valence-electron chi connectivity index (χ0n) is 16.2. The van der Waals surface area contributed by atoms with E-state index >= 15 is 0 Å². The van der Waals surface area contributed by atoms with Crippen LogP contribution in [0.1, 0.15) is 35.2 Å². The average molecular weight is 369 g/mol. The van der Waals surface area contributed by atoms with Gasteiger partial charge < -0.3 is 19.9 Å². The lowest BCUT2D eigenvalue weighted by atomic mass is 10.0. The largest absolute Gasteiger partial charge is 0.496 e. The van der Waals surface area contributed by atoms with E-state index in [1.54, 1.807) is 7.11 Å². The van der Waals surface area contributed by atoms with Crippen molar-refractivity contribution < 1.29 is 9.53 Å². The molecule has 0 radical (unpaired) electrons. The second-order valence-electron chi connectivity index (χ2n) is 7.11. The van der Waals surface area contributed by atoms with Crippen molar-refractivity contribution in [2.75, 3.05) is 13.7 Å². The number of nitrogens with one attached hydrogen (secondary N) is 2. The van der Waals surface area contributed by atoms with Gasteiger partial charge in [-0.3, -0.25) is 4.79 Å². The van der Waals surface area contributed by atoms with Crippen molar-refractivity contribution in [3.63, 3.8) is 0 Å². The van der Waals surface area contributed by atoms with Crippen molar-refractivity contribution in [3.05, 3.63) is 63.1 Å². The number of aromatic nitrogens is 1. The maximum atomic E-state index is 12.7. The molecule has 2 N–H and O–H groups in total. The minimum atomic E-state index is -0.139. The Labute approximate surface area is 159 Å². The fourth-order valence-corrected chi connectivity index (χ4v) is 3.81. The highest BCUT2D eigenvalue weighted by Gasteiger charge is 2.29. The van der Waals surface area contributed by atoms with E-state index in [9.17, 15) is 9.59 Å². The van der Waals surface area contributed by atoms with Gasteiger partial charge in [-0.25, -0.2) is 4.79 Å². The number of pyridine rings is 1. The SMILES string of the molecule is COc1ccccc1CC1CCCN1C(=O)NCc1c(C)cc(C)[nH]c1=O. The first-order valence-corrected chi connectivity index (χ1v) is 9.35. The highest BCUT2D eigenvalue weighted by atomic mass is 16.5. The highest BCUT2D eigenvalue weighted by molar-refractivity contribution is 5.75. The molecule has 1 aliphatic rings. The summed E-state index contributed by atoms with van der Waals surface area (Å²) in [6, 6.07) is 9.87. The van der Waals surface area contributed by atoms with Crippen LogP contribution in [-0.2, 0) is 13.0 Å². The van der Waals surface area contributed by atoms with Gasteiger partial charge in [0.25, 0.3) is 5.56 Å². The minimum Gasteiger partial charge on any atom is -0.496 e. The summed E-state index contributed by atoms with van der Waals surface area (Å²) in [6.45, 7) is 4.71. The number of carbonyl (C=O) groups excluding carboxylic acids is 1. The van der Waals surface area contributed by atoms with Gasteiger partial charge in [-0.1, -0.05) is 18.2 Å². The van der Waals surface area contributed by atoms with Crippen molar-refractivity contribution in [1.29, 1.82) is 0 Å². The number of rotatable bonds is 5. The Morgan fingerprint density at radius 1 is 1.33 bits per heavy atom. The predicted octanol–water partition coefficient (Wildman–Crippen LogP) is 2.92. The lowest BCUT2D eigenvalue weighted by Crippen LogP contribution is -2.44. The van der Waals surface area contributed by atoms with Crippen LogP contribution in [0, 0.1) is 13.8 Å².